The maximum Gasteiger partial charge on any atom is 0.183 e. The molecule has 1 fully saturated rings. The molecule has 1 N–H and O–H groups in total. The first-order valence-electron chi connectivity index (χ1n) is 11.8. The second-order valence-corrected chi connectivity index (χ2v) is 10.0. The molecule has 1 spiro atoms. The third kappa shape index (κ3) is 3.92. The number of anilines is 2. The van der Waals surface area contributed by atoms with E-state index in [1.54, 1.807) is 23.1 Å². The molecular formula is C30H26ClF3N2. The first kappa shape index (κ1) is 24.3. The van der Waals surface area contributed by atoms with E-state index in [1.165, 1.54) is 12.1 Å². The summed E-state index contributed by atoms with van der Waals surface area (Å²) in [5, 5.41) is 3.53. The average molecular weight is 507 g/mol. The topological polar surface area (TPSA) is 15.3 Å². The van der Waals surface area contributed by atoms with Crippen molar-refractivity contribution in [2.75, 3.05) is 4.90 Å². The number of nitrogens with zero attached hydrogens (tertiary/aromatic N) is 1. The molecule has 0 aromatic heterocycles. The van der Waals surface area contributed by atoms with E-state index in [0.29, 0.717) is 12.1 Å². The molecule has 1 aliphatic carbocycles. The Balaban J connectivity index is 1.38. The molecule has 36 heavy (non-hydrogen) atoms. The Bertz CT molecular complexity index is 1390. The first-order chi connectivity index (χ1) is 17.1. The number of halogens is 4. The Morgan fingerprint density at radius 1 is 1.03 bits per heavy atom. The zero-order valence-corrected chi connectivity index (χ0v) is 20.7. The minimum Gasteiger partial charge on any atom is -0.378 e. The Kier molecular flexibility index (Phi) is 6.00. The van der Waals surface area contributed by atoms with Gasteiger partial charge in [-0.05, 0) is 67.6 Å². The molecule has 3 aromatic carbocycles. The van der Waals surface area contributed by atoms with Crippen LogP contribution in [0.3, 0.4) is 0 Å². The van der Waals surface area contributed by atoms with E-state index in [-0.39, 0.29) is 27.7 Å². The van der Waals surface area contributed by atoms with Gasteiger partial charge in [-0.1, -0.05) is 61.2 Å². The van der Waals surface area contributed by atoms with E-state index in [9.17, 15) is 13.2 Å². The van der Waals surface area contributed by atoms with Crippen LogP contribution in [0.1, 0.15) is 36.5 Å². The second kappa shape index (κ2) is 8.90. The summed E-state index contributed by atoms with van der Waals surface area (Å²) in [6.45, 7) is 14.2. The zero-order valence-electron chi connectivity index (χ0n) is 20.0. The molecule has 2 nitrogen and oxygen atoms in total. The number of rotatable bonds is 7. The average Bonchev–Trinajstić information content (AvgIpc) is 3.59. The molecule has 6 heteroatoms. The minimum atomic E-state index is -0.869. The maximum atomic E-state index is 14.9. The van der Waals surface area contributed by atoms with E-state index in [2.05, 4.69) is 25.1 Å². The molecule has 0 radical (unpaired) electrons. The number of hydrogen-bond donors (Lipinski definition) is 1. The van der Waals surface area contributed by atoms with Gasteiger partial charge >= 0.3 is 0 Å². The van der Waals surface area contributed by atoms with E-state index >= 15 is 0 Å². The van der Waals surface area contributed by atoms with Crippen LogP contribution in [0.25, 0.3) is 5.70 Å². The fraction of sp³-hybridized carbons (Fsp3) is 0.200. The molecular weight excluding hydrogens is 481 g/mol. The van der Waals surface area contributed by atoms with Gasteiger partial charge in [0.05, 0.1) is 22.3 Å². The quantitative estimate of drug-likeness (QED) is 0.325. The molecule has 184 valence electrons. The molecule has 1 heterocycles. The fourth-order valence-electron chi connectivity index (χ4n) is 5.05. The molecule has 1 unspecified atom stereocenters. The van der Waals surface area contributed by atoms with Crippen molar-refractivity contribution in [1.29, 1.82) is 0 Å². The van der Waals surface area contributed by atoms with Gasteiger partial charge in [-0.15, -0.1) is 0 Å². The number of hydrogen-bond acceptors (Lipinski definition) is 2. The van der Waals surface area contributed by atoms with Crippen LogP contribution in [0.4, 0.5) is 24.5 Å². The van der Waals surface area contributed by atoms with Crippen LogP contribution >= 0.6 is 11.6 Å². The third-order valence-corrected chi connectivity index (χ3v) is 7.54. The smallest absolute Gasteiger partial charge is 0.183 e. The van der Waals surface area contributed by atoms with Gasteiger partial charge in [0.25, 0.3) is 0 Å². The zero-order chi connectivity index (χ0) is 25.8. The Labute approximate surface area is 214 Å². The van der Waals surface area contributed by atoms with Gasteiger partial charge in [0.2, 0.25) is 0 Å². The van der Waals surface area contributed by atoms with Gasteiger partial charge in [-0.3, -0.25) is 0 Å². The summed E-state index contributed by atoms with van der Waals surface area (Å²) in [5.74, 6) is -2.17. The van der Waals surface area contributed by atoms with Crippen LogP contribution in [0.15, 0.2) is 85.6 Å². The van der Waals surface area contributed by atoms with Crippen LogP contribution < -0.4 is 10.2 Å². The van der Waals surface area contributed by atoms with E-state index in [0.717, 1.165) is 40.9 Å². The van der Waals surface area contributed by atoms with E-state index in [4.69, 9.17) is 11.6 Å². The molecule has 1 atom stereocenters. The first-order valence-corrected chi connectivity index (χ1v) is 12.1. The molecule has 1 aliphatic heterocycles. The van der Waals surface area contributed by atoms with Crippen LogP contribution in [0.5, 0.6) is 0 Å². The lowest BCUT2D eigenvalue weighted by Crippen LogP contribution is -2.30. The van der Waals surface area contributed by atoms with Crippen LogP contribution in [-0.2, 0) is 11.8 Å². The lowest BCUT2D eigenvalue weighted by molar-refractivity contribution is 0.510. The molecule has 0 saturated heterocycles. The van der Waals surface area contributed by atoms with Crippen LogP contribution in [0, 0.1) is 17.5 Å². The van der Waals surface area contributed by atoms with Gasteiger partial charge in [0.15, 0.2) is 11.6 Å². The van der Waals surface area contributed by atoms with Crippen LogP contribution in [-0.4, -0.2) is 6.04 Å². The maximum absolute atomic E-state index is 14.9. The van der Waals surface area contributed by atoms with Crippen molar-refractivity contribution in [2.24, 2.45) is 0 Å². The summed E-state index contributed by atoms with van der Waals surface area (Å²) in [4.78, 5) is 1.74. The van der Waals surface area contributed by atoms with E-state index in [1.807, 2.05) is 31.2 Å². The molecule has 1 saturated carbocycles. The highest BCUT2D eigenvalue weighted by molar-refractivity contribution is 6.32. The predicted molar refractivity (Wildman–Crippen MR) is 141 cm³/mol. The summed E-state index contributed by atoms with van der Waals surface area (Å²) in [6.07, 6.45) is 2.31. The van der Waals surface area contributed by atoms with Crippen LogP contribution in [0.2, 0.25) is 5.02 Å². The Morgan fingerprint density at radius 2 is 1.72 bits per heavy atom. The highest BCUT2D eigenvalue weighted by Gasteiger charge is 2.56. The molecule has 0 bridgehead atoms. The normalized spacial score (nSPS) is 16.1. The molecule has 2 aliphatic rings. The largest absolute Gasteiger partial charge is 0.378 e. The van der Waals surface area contributed by atoms with E-state index < -0.39 is 17.5 Å². The third-order valence-electron chi connectivity index (χ3n) is 7.22. The number of allylic oxidation sites excluding steroid dienone is 1. The van der Waals surface area contributed by atoms with Crippen molar-refractivity contribution in [2.45, 2.75) is 37.6 Å². The van der Waals surface area contributed by atoms with Crippen molar-refractivity contribution in [1.82, 2.24) is 5.32 Å². The monoisotopic (exact) mass is 506 g/mol. The summed E-state index contributed by atoms with van der Waals surface area (Å²) in [6, 6.07) is 14.8. The minimum absolute atomic E-state index is 0.220. The van der Waals surface area contributed by atoms with Crippen molar-refractivity contribution in [3.05, 3.63) is 125 Å². The molecule has 0 amide bonds. The van der Waals surface area contributed by atoms with Gasteiger partial charge in [0, 0.05) is 22.5 Å². The van der Waals surface area contributed by atoms with Gasteiger partial charge in [-0.25, -0.2) is 13.2 Å². The van der Waals surface area contributed by atoms with Crippen molar-refractivity contribution >= 4 is 28.7 Å². The Morgan fingerprint density at radius 3 is 2.33 bits per heavy atom. The summed E-state index contributed by atoms with van der Waals surface area (Å²) in [5.41, 5.74) is 4.69. The summed E-state index contributed by atoms with van der Waals surface area (Å²) >= 11 is 6.20. The van der Waals surface area contributed by atoms with Gasteiger partial charge in [0.1, 0.15) is 5.82 Å². The number of nitrogens with one attached hydrogen (secondary N) is 1. The van der Waals surface area contributed by atoms with Crippen molar-refractivity contribution < 1.29 is 13.2 Å². The standard InChI is InChI=1S/C30H26ClF3N2/c1-17(2)26(35-18(3)27-23(31)6-5-7-24(27)32)16-20-8-10-21(11-9-20)36-19(4)30(14-15-30)22-12-13-25(33)28(34)29(22)36/h5-13,26,35H,1,3-4,14-16H2,2H3. The second-order valence-electron chi connectivity index (χ2n) is 9.61. The highest BCUT2D eigenvalue weighted by Crippen LogP contribution is 2.64. The Hall–Kier alpha value is -3.44. The van der Waals surface area contributed by atoms with Gasteiger partial charge < -0.3 is 10.2 Å². The van der Waals surface area contributed by atoms with Crippen molar-refractivity contribution in [3.8, 4) is 0 Å². The number of fused-ring (bicyclic) bond motifs is 2. The number of benzene rings is 3. The molecule has 5 rings (SSSR count). The fourth-order valence-corrected chi connectivity index (χ4v) is 5.33. The summed E-state index contributed by atoms with van der Waals surface area (Å²) in [7, 11) is 0. The van der Waals surface area contributed by atoms with Gasteiger partial charge in [-0.2, -0.15) is 0 Å². The predicted octanol–water partition coefficient (Wildman–Crippen LogP) is 8.20. The highest BCUT2D eigenvalue weighted by atomic mass is 35.5. The lowest BCUT2D eigenvalue weighted by Gasteiger charge is -2.25. The van der Waals surface area contributed by atoms with Crippen molar-refractivity contribution in [3.63, 3.8) is 0 Å². The summed E-state index contributed by atoms with van der Waals surface area (Å²) < 4.78 is 43.4. The SMILES string of the molecule is C=C(NC(Cc1ccc(N2C(=C)C3(CC3)c3ccc(F)c(F)c32)cc1)C(=C)C)c1c(F)cccc1Cl. The molecule has 3 aromatic rings. The lowest BCUT2D eigenvalue weighted by atomic mass is 9.96.